The lowest BCUT2D eigenvalue weighted by Crippen LogP contribution is -1.60. The lowest BCUT2D eigenvalue weighted by Gasteiger charge is -1.63. The molecular weight excluding hydrogens is 76.1 g/mol. The van der Waals surface area contributed by atoms with Crippen LogP contribution in [0.15, 0.2) is 4.99 Å². The van der Waals surface area contributed by atoms with Crippen LogP contribution in [0.3, 0.4) is 0 Å². The van der Waals surface area contributed by atoms with Crippen molar-refractivity contribution in [2.24, 2.45) is 4.99 Å². The molecule has 0 aliphatic carbocycles. The second kappa shape index (κ2) is 4.16. The van der Waals surface area contributed by atoms with Gasteiger partial charge in [0, 0.05) is 6.21 Å². The van der Waals surface area contributed by atoms with Crippen LogP contribution >= 0.6 is 0 Å². The van der Waals surface area contributed by atoms with Crippen molar-refractivity contribution in [3.63, 3.8) is 0 Å². The fourth-order valence-electron chi connectivity index (χ4n) is 0.132. The van der Waals surface area contributed by atoms with E-state index in [0.717, 1.165) is 6.42 Å². The molecule has 0 spiro atoms. The Bertz CT molecular complexity index is 78.0. The van der Waals surface area contributed by atoms with E-state index >= 15 is 0 Å². The molecule has 0 N–H and O–H groups in total. The van der Waals surface area contributed by atoms with E-state index in [9.17, 15) is 0 Å². The van der Waals surface area contributed by atoms with E-state index in [1.165, 1.54) is 0 Å². The minimum absolute atomic E-state index is 0.841. The highest BCUT2D eigenvalue weighted by Crippen LogP contribution is 1.63. The van der Waals surface area contributed by atoms with Crippen molar-refractivity contribution in [2.45, 2.75) is 13.3 Å². The van der Waals surface area contributed by atoms with E-state index in [1.54, 1.807) is 12.4 Å². The zero-order chi connectivity index (χ0) is 4.83. The summed E-state index contributed by atoms with van der Waals surface area (Å²) in [7, 11) is 0. The van der Waals surface area contributed by atoms with Crippen LogP contribution in [0, 0.1) is 11.5 Å². The van der Waals surface area contributed by atoms with Gasteiger partial charge in [-0.25, -0.2) is 0 Å². The van der Waals surface area contributed by atoms with Gasteiger partial charge >= 0.3 is 0 Å². The van der Waals surface area contributed by atoms with Gasteiger partial charge in [-0.3, -0.25) is 0 Å². The Kier molecular flexibility index (Phi) is 3.58. The number of hydrogen-bond donors (Lipinski definition) is 0. The normalized spacial score (nSPS) is 8.67. The van der Waals surface area contributed by atoms with Crippen LogP contribution in [0.25, 0.3) is 0 Å². The van der Waals surface area contributed by atoms with Gasteiger partial charge in [-0.15, -0.1) is 0 Å². The molecule has 0 aromatic carbocycles. The summed E-state index contributed by atoms with van der Waals surface area (Å²) >= 11 is 0. The summed E-state index contributed by atoms with van der Waals surface area (Å²) in [6.45, 7) is 1.93. The zero-order valence-electron chi connectivity index (χ0n) is 3.68. The SMILES string of the molecule is CCC=NC#N. The van der Waals surface area contributed by atoms with Crippen LogP contribution in [0.5, 0.6) is 0 Å². The van der Waals surface area contributed by atoms with Gasteiger partial charge in [-0.2, -0.15) is 10.3 Å². The summed E-state index contributed by atoms with van der Waals surface area (Å²) in [5.41, 5.74) is 0. The van der Waals surface area contributed by atoms with Crippen LogP contribution in [-0.2, 0) is 0 Å². The minimum Gasteiger partial charge on any atom is -0.186 e. The molecule has 0 aromatic heterocycles. The van der Waals surface area contributed by atoms with Crippen molar-refractivity contribution < 1.29 is 0 Å². The average Bonchev–Trinajstić information content (AvgIpc) is 1.61. The summed E-state index contributed by atoms with van der Waals surface area (Å²) in [5, 5.41) is 7.75. The molecule has 0 rings (SSSR count). The molecule has 0 unspecified atom stereocenters. The van der Waals surface area contributed by atoms with Crippen LogP contribution in [0.2, 0.25) is 0 Å². The summed E-state index contributed by atoms with van der Waals surface area (Å²) in [4.78, 5) is 3.27. The monoisotopic (exact) mass is 82.1 g/mol. The average molecular weight is 82.1 g/mol. The van der Waals surface area contributed by atoms with Gasteiger partial charge in [-0.05, 0) is 6.42 Å². The van der Waals surface area contributed by atoms with E-state index in [0.29, 0.717) is 0 Å². The maximum absolute atomic E-state index is 7.75. The highest BCUT2D eigenvalue weighted by atomic mass is 14.7. The van der Waals surface area contributed by atoms with Gasteiger partial charge in [-0.1, -0.05) is 6.92 Å². The first-order chi connectivity index (χ1) is 2.91. The predicted molar refractivity (Wildman–Crippen MR) is 24.4 cm³/mol. The maximum atomic E-state index is 7.75. The van der Waals surface area contributed by atoms with Gasteiger partial charge < -0.3 is 0 Å². The van der Waals surface area contributed by atoms with Crippen molar-refractivity contribution in [3.8, 4) is 6.19 Å². The van der Waals surface area contributed by atoms with E-state index < -0.39 is 0 Å². The highest BCUT2D eigenvalue weighted by molar-refractivity contribution is 5.57. The third kappa shape index (κ3) is 3.16. The summed E-state index contributed by atoms with van der Waals surface area (Å²) in [6.07, 6.45) is 4.05. The minimum atomic E-state index is 0.841. The first-order valence-electron chi connectivity index (χ1n) is 1.82. The maximum Gasteiger partial charge on any atom is 0.205 e. The molecule has 0 heterocycles. The topological polar surface area (TPSA) is 36.1 Å². The van der Waals surface area contributed by atoms with Crippen LogP contribution in [0.4, 0.5) is 0 Å². The Morgan fingerprint density at radius 2 is 2.67 bits per heavy atom. The summed E-state index contributed by atoms with van der Waals surface area (Å²) < 4.78 is 0. The summed E-state index contributed by atoms with van der Waals surface area (Å²) in [5.74, 6) is 0. The van der Waals surface area contributed by atoms with E-state index in [4.69, 9.17) is 5.26 Å². The predicted octanol–water partition coefficient (Wildman–Crippen LogP) is 0.948. The van der Waals surface area contributed by atoms with Crippen molar-refractivity contribution in [3.05, 3.63) is 0 Å². The van der Waals surface area contributed by atoms with Crippen molar-refractivity contribution in [1.29, 1.82) is 5.26 Å². The number of rotatable bonds is 1. The van der Waals surface area contributed by atoms with Crippen molar-refractivity contribution >= 4 is 6.21 Å². The molecule has 2 nitrogen and oxygen atoms in total. The van der Waals surface area contributed by atoms with Gasteiger partial charge in [0.25, 0.3) is 0 Å². The fourth-order valence-corrected chi connectivity index (χ4v) is 0.132. The van der Waals surface area contributed by atoms with Gasteiger partial charge in [0.15, 0.2) is 0 Å². The molecule has 6 heavy (non-hydrogen) atoms. The van der Waals surface area contributed by atoms with Crippen molar-refractivity contribution in [1.82, 2.24) is 0 Å². The smallest absolute Gasteiger partial charge is 0.186 e. The molecule has 0 radical (unpaired) electrons. The molecule has 0 fully saturated rings. The first-order valence-corrected chi connectivity index (χ1v) is 1.82. The lowest BCUT2D eigenvalue weighted by molar-refractivity contribution is 1.31. The first kappa shape index (κ1) is 5.16. The largest absolute Gasteiger partial charge is 0.205 e. The number of nitrogens with zero attached hydrogens (tertiary/aromatic N) is 2. The molecule has 0 saturated heterocycles. The number of nitriles is 1. The van der Waals surface area contributed by atoms with Crippen LogP contribution < -0.4 is 0 Å². The Labute approximate surface area is 37.1 Å². The second-order valence-corrected chi connectivity index (χ2v) is 0.820. The molecule has 32 valence electrons. The fraction of sp³-hybridized carbons (Fsp3) is 0.500. The quantitative estimate of drug-likeness (QED) is 0.342. The van der Waals surface area contributed by atoms with Crippen LogP contribution in [0.1, 0.15) is 13.3 Å². The Morgan fingerprint density at radius 1 is 2.00 bits per heavy atom. The van der Waals surface area contributed by atoms with Crippen molar-refractivity contribution in [2.75, 3.05) is 0 Å². The van der Waals surface area contributed by atoms with Gasteiger partial charge in [0.2, 0.25) is 6.19 Å². The number of hydrogen-bond acceptors (Lipinski definition) is 2. The third-order valence-electron chi connectivity index (χ3n) is 0.332. The molecule has 2 heteroatoms. The molecule has 0 aliphatic rings. The summed E-state index contributed by atoms with van der Waals surface area (Å²) in [6, 6.07) is 0. The van der Waals surface area contributed by atoms with Gasteiger partial charge in [0.05, 0.1) is 0 Å². The lowest BCUT2D eigenvalue weighted by atomic mass is 10.5. The molecule has 0 bridgehead atoms. The molecule has 0 atom stereocenters. The molecule has 0 aromatic rings. The standard InChI is InChI=1S/C4H6N2/c1-2-3-6-4-5/h3H,2H2,1H3. The molecular formula is C4H6N2. The second-order valence-electron chi connectivity index (χ2n) is 0.820. The van der Waals surface area contributed by atoms with E-state index in [-0.39, 0.29) is 0 Å². The molecule has 0 aliphatic heterocycles. The zero-order valence-corrected chi connectivity index (χ0v) is 3.68. The van der Waals surface area contributed by atoms with Crippen LogP contribution in [-0.4, -0.2) is 6.21 Å². The van der Waals surface area contributed by atoms with E-state index in [1.807, 2.05) is 6.92 Å². The molecule has 0 saturated carbocycles. The van der Waals surface area contributed by atoms with E-state index in [2.05, 4.69) is 4.99 Å². The Morgan fingerprint density at radius 3 is 2.83 bits per heavy atom. The highest BCUT2D eigenvalue weighted by Gasteiger charge is 1.58. The Balaban J connectivity index is 3.02. The number of aliphatic imine (C=N–C) groups is 1. The third-order valence-corrected chi connectivity index (χ3v) is 0.332. The van der Waals surface area contributed by atoms with Gasteiger partial charge in [0.1, 0.15) is 0 Å². The Hall–Kier alpha value is -0.840. The molecule has 0 amide bonds.